The van der Waals surface area contributed by atoms with Crippen LogP contribution in [0.1, 0.15) is 11.1 Å². The molecule has 2 rings (SSSR count). The van der Waals surface area contributed by atoms with Gasteiger partial charge in [0.1, 0.15) is 0 Å². The van der Waals surface area contributed by atoms with Crippen LogP contribution in [0.15, 0.2) is 12.4 Å². The molecule has 2 aromatic rings. The molecule has 0 aliphatic heterocycles. The fourth-order valence-corrected chi connectivity index (χ4v) is 1.85. The van der Waals surface area contributed by atoms with Gasteiger partial charge in [0.25, 0.3) is 0 Å². The van der Waals surface area contributed by atoms with E-state index >= 15 is 0 Å². The lowest BCUT2D eigenvalue weighted by Gasteiger charge is -2.16. The molecular formula is C11H15N3. The van der Waals surface area contributed by atoms with E-state index in [0.29, 0.717) is 0 Å². The molecule has 0 amide bonds. The van der Waals surface area contributed by atoms with Crippen molar-refractivity contribution in [3.8, 4) is 0 Å². The Bertz CT molecular complexity index is 469. The molecule has 1 heterocycles. The molecular weight excluding hydrogens is 174 g/mol. The summed E-state index contributed by atoms with van der Waals surface area (Å²) >= 11 is 0. The molecule has 0 aliphatic rings. The quantitative estimate of drug-likeness (QED) is 0.746. The summed E-state index contributed by atoms with van der Waals surface area (Å²) in [5.41, 5.74) is 5.95. The zero-order valence-electron chi connectivity index (χ0n) is 9.05. The Hall–Kier alpha value is -1.51. The van der Waals surface area contributed by atoms with Gasteiger partial charge in [-0.25, -0.2) is 4.98 Å². The number of hydrogen-bond acceptors (Lipinski definition) is 2. The highest BCUT2D eigenvalue weighted by Gasteiger charge is 2.09. The maximum Gasteiger partial charge on any atom is 0.0932 e. The molecule has 0 atom stereocenters. The molecule has 1 aromatic carbocycles. The molecule has 74 valence electrons. The van der Waals surface area contributed by atoms with Crippen LogP contribution in [0, 0.1) is 13.8 Å². The van der Waals surface area contributed by atoms with Crippen LogP contribution in [-0.2, 0) is 0 Å². The minimum absolute atomic E-state index is 1.08. The van der Waals surface area contributed by atoms with E-state index in [2.05, 4.69) is 48.9 Å². The number of fused-ring (bicyclic) bond motifs is 1. The number of nitrogens with one attached hydrogen (secondary N) is 1. The van der Waals surface area contributed by atoms with Gasteiger partial charge in [-0.15, -0.1) is 0 Å². The average molecular weight is 189 g/mol. The van der Waals surface area contributed by atoms with Gasteiger partial charge in [0.15, 0.2) is 0 Å². The molecule has 0 saturated heterocycles. The lowest BCUT2D eigenvalue weighted by molar-refractivity contribution is 1.11. The van der Waals surface area contributed by atoms with E-state index in [1.54, 1.807) is 6.33 Å². The molecule has 0 radical (unpaired) electrons. The van der Waals surface area contributed by atoms with Crippen LogP contribution in [0.5, 0.6) is 0 Å². The van der Waals surface area contributed by atoms with Gasteiger partial charge in [0.2, 0.25) is 0 Å². The average Bonchev–Trinajstić information content (AvgIpc) is 2.59. The summed E-state index contributed by atoms with van der Waals surface area (Å²) in [5.74, 6) is 0. The first-order valence-electron chi connectivity index (χ1n) is 4.72. The molecule has 1 N–H and O–H groups in total. The van der Waals surface area contributed by atoms with Gasteiger partial charge in [-0.05, 0) is 31.0 Å². The first-order valence-corrected chi connectivity index (χ1v) is 4.72. The summed E-state index contributed by atoms with van der Waals surface area (Å²) in [6, 6.07) is 2.18. The third-order valence-corrected chi connectivity index (χ3v) is 2.61. The summed E-state index contributed by atoms with van der Waals surface area (Å²) in [5, 5.41) is 0. The number of aromatic amines is 1. The SMILES string of the molecule is Cc1cc(N(C)C)c(C)c2[nH]cnc12. The summed E-state index contributed by atoms with van der Waals surface area (Å²) in [4.78, 5) is 9.62. The van der Waals surface area contributed by atoms with Crippen molar-refractivity contribution in [2.75, 3.05) is 19.0 Å². The minimum atomic E-state index is 1.08. The summed E-state index contributed by atoms with van der Waals surface area (Å²) < 4.78 is 0. The predicted octanol–water partition coefficient (Wildman–Crippen LogP) is 2.25. The van der Waals surface area contributed by atoms with E-state index in [-0.39, 0.29) is 0 Å². The van der Waals surface area contributed by atoms with Gasteiger partial charge in [-0.2, -0.15) is 0 Å². The van der Waals surface area contributed by atoms with Crippen LogP contribution in [-0.4, -0.2) is 24.1 Å². The molecule has 14 heavy (non-hydrogen) atoms. The van der Waals surface area contributed by atoms with Gasteiger partial charge in [0, 0.05) is 19.8 Å². The zero-order valence-corrected chi connectivity index (χ0v) is 9.05. The second-order valence-corrected chi connectivity index (χ2v) is 3.86. The van der Waals surface area contributed by atoms with Crippen LogP contribution in [0.2, 0.25) is 0 Å². The number of nitrogens with zero attached hydrogens (tertiary/aromatic N) is 2. The molecule has 3 nitrogen and oxygen atoms in total. The second kappa shape index (κ2) is 3.01. The van der Waals surface area contributed by atoms with Crippen LogP contribution in [0.3, 0.4) is 0 Å². The lowest BCUT2D eigenvalue weighted by atomic mass is 10.1. The number of aryl methyl sites for hydroxylation is 2. The summed E-state index contributed by atoms with van der Waals surface area (Å²) in [6.45, 7) is 4.21. The second-order valence-electron chi connectivity index (χ2n) is 3.86. The monoisotopic (exact) mass is 189 g/mol. The lowest BCUT2D eigenvalue weighted by Crippen LogP contribution is -2.10. The van der Waals surface area contributed by atoms with Crippen LogP contribution in [0.4, 0.5) is 5.69 Å². The number of H-pyrrole nitrogens is 1. The third kappa shape index (κ3) is 1.16. The van der Waals surface area contributed by atoms with E-state index in [1.807, 2.05) is 0 Å². The third-order valence-electron chi connectivity index (χ3n) is 2.61. The standard InChI is InChI=1S/C11H15N3/c1-7-5-9(14(3)4)8(2)11-10(7)12-6-13-11/h5-6H,1-4H3,(H,12,13). The molecule has 0 bridgehead atoms. The number of hydrogen-bond donors (Lipinski definition) is 1. The minimum Gasteiger partial charge on any atom is -0.377 e. The Balaban J connectivity index is 2.82. The number of benzene rings is 1. The van der Waals surface area contributed by atoms with Gasteiger partial charge in [-0.3, -0.25) is 0 Å². The fraction of sp³-hybridized carbons (Fsp3) is 0.364. The van der Waals surface area contributed by atoms with Crippen molar-refractivity contribution in [3.05, 3.63) is 23.5 Å². The Morgan fingerprint density at radius 1 is 1.29 bits per heavy atom. The normalized spacial score (nSPS) is 10.9. The highest BCUT2D eigenvalue weighted by Crippen LogP contribution is 2.27. The van der Waals surface area contributed by atoms with Gasteiger partial charge in [0.05, 0.1) is 17.4 Å². The van der Waals surface area contributed by atoms with Crippen molar-refractivity contribution in [2.45, 2.75) is 13.8 Å². The van der Waals surface area contributed by atoms with E-state index in [4.69, 9.17) is 0 Å². The van der Waals surface area contributed by atoms with E-state index in [1.165, 1.54) is 16.8 Å². The molecule has 0 saturated carbocycles. The maximum absolute atomic E-state index is 4.31. The smallest absolute Gasteiger partial charge is 0.0932 e. The fourth-order valence-electron chi connectivity index (χ4n) is 1.85. The van der Waals surface area contributed by atoms with Crippen molar-refractivity contribution in [1.82, 2.24) is 9.97 Å². The largest absolute Gasteiger partial charge is 0.377 e. The maximum atomic E-state index is 4.31. The van der Waals surface area contributed by atoms with Crippen molar-refractivity contribution in [2.24, 2.45) is 0 Å². The molecule has 0 spiro atoms. The van der Waals surface area contributed by atoms with Crippen LogP contribution < -0.4 is 4.90 Å². The Morgan fingerprint density at radius 3 is 2.64 bits per heavy atom. The van der Waals surface area contributed by atoms with Gasteiger partial charge in [-0.1, -0.05) is 0 Å². The first kappa shape index (κ1) is 9.06. The van der Waals surface area contributed by atoms with Crippen molar-refractivity contribution in [3.63, 3.8) is 0 Å². The van der Waals surface area contributed by atoms with Gasteiger partial charge >= 0.3 is 0 Å². The molecule has 1 aromatic heterocycles. The van der Waals surface area contributed by atoms with E-state index < -0.39 is 0 Å². The van der Waals surface area contributed by atoms with E-state index in [0.717, 1.165) is 11.0 Å². The van der Waals surface area contributed by atoms with Crippen molar-refractivity contribution >= 4 is 16.7 Å². The highest BCUT2D eigenvalue weighted by molar-refractivity contribution is 5.86. The number of rotatable bonds is 1. The summed E-state index contributed by atoms with van der Waals surface area (Å²) in [7, 11) is 4.12. The van der Waals surface area contributed by atoms with Crippen molar-refractivity contribution in [1.29, 1.82) is 0 Å². The number of imidazole rings is 1. The van der Waals surface area contributed by atoms with Gasteiger partial charge < -0.3 is 9.88 Å². The predicted molar refractivity (Wildman–Crippen MR) is 59.9 cm³/mol. The molecule has 0 aliphatic carbocycles. The molecule has 0 unspecified atom stereocenters. The first-order chi connectivity index (χ1) is 6.61. The van der Waals surface area contributed by atoms with Crippen molar-refractivity contribution < 1.29 is 0 Å². The zero-order chi connectivity index (χ0) is 10.3. The number of aromatic nitrogens is 2. The number of anilines is 1. The van der Waals surface area contributed by atoms with Crippen LogP contribution >= 0.6 is 0 Å². The Morgan fingerprint density at radius 2 is 2.00 bits per heavy atom. The molecule has 3 heteroatoms. The van der Waals surface area contributed by atoms with E-state index in [9.17, 15) is 0 Å². The Kier molecular flexibility index (Phi) is 1.95. The Labute approximate surface area is 83.8 Å². The summed E-state index contributed by atoms with van der Waals surface area (Å²) in [6.07, 6.45) is 1.75. The molecule has 0 fully saturated rings. The van der Waals surface area contributed by atoms with Crippen LogP contribution in [0.25, 0.3) is 11.0 Å². The highest BCUT2D eigenvalue weighted by atomic mass is 15.1. The topological polar surface area (TPSA) is 31.9 Å².